The number of benzene rings is 1. The number of unbranched alkanes of at least 4 members (excludes halogenated alkanes) is 1. The minimum Gasteiger partial charge on any atom is -0.324 e. The van der Waals surface area contributed by atoms with Gasteiger partial charge in [-0.1, -0.05) is 46.2 Å². The summed E-state index contributed by atoms with van der Waals surface area (Å²) in [6.45, 7) is 8.00. The van der Waals surface area contributed by atoms with E-state index in [9.17, 15) is 4.79 Å². The molecular formula is C17H24N4O. The van der Waals surface area contributed by atoms with Gasteiger partial charge in [0.2, 0.25) is 5.95 Å². The van der Waals surface area contributed by atoms with Gasteiger partial charge in [0, 0.05) is 11.1 Å². The van der Waals surface area contributed by atoms with Gasteiger partial charge in [-0.2, -0.15) is 0 Å². The first-order valence-electron chi connectivity index (χ1n) is 7.73. The molecule has 1 heterocycles. The van der Waals surface area contributed by atoms with Crippen molar-refractivity contribution in [2.24, 2.45) is 0 Å². The Morgan fingerprint density at radius 2 is 1.82 bits per heavy atom. The maximum absolute atomic E-state index is 12.1. The molecule has 5 nitrogen and oxygen atoms in total. The highest BCUT2D eigenvalue weighted by molar-refractivity contribution is 5.53. The summed E-state index contributed by atoms with van der Waals surface area (Å²) in [5, 5.41) is 11.2. The number of aryl methyl sites for hydroxylation is 1. The van der Waals surface area contributed by atoms with E-state index in [1.807, 2.05) is 32.9 Å². The molecule has 2 aromatic rings. The lowest BCUT2D eigenvalue weighted by molar-refractivity contribution is 0.547. The van der Waals surface area contributed by atoms with Gasteiger partial charge < -0.3 is 5.32 Å². The Kier molecular flexibility index (Phi) is 4.96. The van der Waals surface area contributed by atoms with Crippen molar-refractivity contribution in [2.45, 2.75) is 52.4 Å². The molecule has 0 radical (unpaired) electrons. The van der Waals surface area contributed by atoms with E-state index in [0.29, 0.717) is 11.6 Å². The molecule has 2 rings (SSSR count). The smallest absolute Gasteiger partial charge is 0.274 e. The number of H-pyrrole nitrogens is 1. The van der Waals surface area contributed by atoms with Crippen LogP contribution in [0, 0.1) is 0 Å². The SMILES string of the molecule is CCCCc1ccc(Nc2nnc(C(C)(C)C)c(=O)[nH]2)cc1. The fraction of sp³-hybridized carbons (Fsp3) is 0.471. The van der Waals surface area contributed by atoms with Gasteiger partial charge in [-0.3, -0.25) is 9.78 Å². The maximum Gasteiger partial charge on any atom is 0.274 e. The molecule has 0 aliphatic carbocycles. The topological polar surface area (TPSA) is 70.7 Å². The van der Waals surface area contributed by atoms with E-state index in [0.717, 1.165) is 12.1 Å². The summed E-state index contributed by atoms with van der Waals surface area (Å²) in [4.78, 5) is 14.8. The summed E-state index contributed by atoms with van der Waals surface area (Å²) in [6.07, 6.45) is 3.48. The number of nitrogens with one attached hydrogen (secondary N) is 2. The third-order valence-electron chi connectivity index (χ3n) is 3.44. The first kappa shape index (κ1) is 16.2. The van der Waals surface area contributed by atoms with E-state index in [1.165, 1.54) is 18.4 Å². The predicted molar refractivity (Wildman–Crippen MR) is 89.7 cm³/mol. The van der Waals surface area contributed by atoms with Gasteiger partial charge in [0.05, 0.1) is 0 Å². The van der Waals surface area contributed by atoms with Crippen molar-refractivity contribution in [3.05, 3.63) is 45.9 Å². The Bertz CT molecular complexity index is 668. The molecule has 1 aromatic heterocycles. The van der Waals surface area contributed by atoms with Crippen molar-refractivity contribution in [3.8, 4) is 0 Å². The highest BCUT2D eigenvalue weighted by atomic mass is 16.1. The number of nitrogens with zero attached hydrogens (tertiary/aromatic N) is 2. The zero-order valence-electron chi connectivity index (χ0n) is 13.7. The van der Waals surface area contributed by atoms with Gasteiger partial charge in [-0.15, -0.1) is 10.2 Å². The largest absolute Gasteiger partial charge is 0.324 e. The van der Waals surface area contributed by atoms with Crippen LogP contribution >= 0.6 is 0 Å². The second-order valence-electron chi connectivity index (χ2n) is 6.53. The molecule has 5 heteroatoms. The summed E-state index contributed by atoms with van der Waals surface area (Å²) < 4.78 is 0. The normalized spacial score (nSPS) is 11.5. The van der Waals surface area contributed by atoms with Crippen LogP contribution in [0.2, 0.25) is 0 Å². The summed E-state index contributed by atoms with van der Waals surface area (Å²) >= 11 is 0. The number of anilines is 2. The van der Waals surface area contributed by atoms with Crippen LogP contribution < -0.4 is 10.9 Å². The molecule has 0 spiro atoms. The predicted octanol–water partition coefficient (Wildman–Crippen LogP) is 3.55. The Hall–Kier alpha value is -2.17. The Morgan fingerprint density at radius 3 is 2.36 bits per heavy atom. The molecule has 0 unspecified atom stereocenters. The monoisotopic (exact) mass is 300 g/mol. The molecule has 0 saturated heterocycles. The second kappa shape index (κ2) is 6.73. The molecule has 0 aliphatic rings. The molecule has 1 aromatic carbocycles. The van der Waals surface area contributed by atoms with Crippen molar-refractivity contribution >= 4 is 11.6 Å². The maximum atomic E-state index is 12.1. The van der Waals surface area contributed by atoms with E-state index in [2.05, 4.69) is 39.6 Å². The molecule has 0 bridgehead atoms. The van der Waals surface area contributed by atoms with E-state index in [-0.39, 0.29) is 11.0 Å². The van der Waals surface area contributed by atoms with E-state index < -0.39 is 0 Å². The van der Waals surface area contributed by atoms with Crippen LogP contribution in [0.25, 0.3) is 0 Å². The number of aromatic amines is 1. The third-order valence-corrected chi connectivity index (χ3v) is 3.44. The van der Waals surface area contributed by atoms with E-state index in [4.69, 9.17) is 0 Å². The Balaban J connectivity index is 2.11. The standard InChI is InChI=1S/C17H24N4O/c1-5-6-7-12-8-10-13(11-9-12)18-16-19-15(22)14(20-21-16)17(2,3)4/h8-11H,5-7H2,1-4H3,(H2,18,19,21,22). The van der Waals surface area contributed by atoms with Crippen molar-refractivity contribution < 1.29 is 0 Å². The average molecular weight is 300 g/mol. The Morgan fingerprint density at radius 1 is 1.14 bits per heavy atom. The second-order valence-corrected chi connectivity index (χ2v) is 6.53. The number of hydrogen-bond acceptors (Lipinski definition) is 4. The van der Waals surface area contributed by atoms with Gasteiger partial charge in [-0.25, -0.2) is 0 Å². The Labute approximate surface area is 131 Å². The van der Waals surface area contributed by atoms with Crippen LogP contribution in [-0.4, -0.2) is 15.2 Å². The third kappa shape index (κ3) is 4.16. The minimum absolute atomic E-state index is 0.204. The van der Waals surface area contributed by atoms with Gasteiger partial charge >= 0.3 is 0 Å². The quantitative estimate of drug-likeness (QED) is 0.886. The van der Waals surface area contributed by atoms with Gasteiger partial charge in [0.15, 0.2) is 0 Å². The molecule has 0 atom stereocenters. The van der Waals surface area contributed by atoms with Crippen LogP contribution in [0.5, 0.6) is 0 Å². The fourth-order valence-corrected chi connectivity index (χ4v) is 2.16. The van der Waals surface area contributed by atoms with Crippen LogP contribution in [0.3, 0.4) is 0 Å². The fourth-order valence-electron chi connectivity index (χ4n) is 2.16. The summed E-state index contributed by atoms with van der Waals surface area (Å²) in [6, 6.07) is 8.16. The molecule has 118 valence electrons. The van der Waals surface area contributed by atoms with Crippen molar-refractivity contribution in [3.63, 3.8) is 0 Å². The zero-order chi connectivity index (χ0) is 16.2. The van der Waals surface area contributed by atoms with Crippen LogP contribution in [0.15, 0.2) is 29.1 Å². The molecule has 0 amide bonds. The van der Waals surface area contributed by atoms with E-state index in [1.54, 1.807) is 0 Å². The lowest BCUT2D eigenvalue weighted by Crippen LogP contribution is -2.28. The first-order valence-corrected chi connectivity index (χ1v) is 7.73. The average Bonchev–Trinajstić information content (AvgIpc) is 2.45. The molecule has 0 fully saturated rings. The highest BCUT2D eigenvalue weighted by Gasteiger charge is 2.20. The first-order chi connectivity index (χ1) is 10.4. The van der Waals surface area contributed by atoms with E-state index >= 15 is 0 Å². The molecule has 0 aliphatic heterocycles. The number of rotatable bonds is 5. The van der Waals surface area contributed by atoms with Gasteiger partial charge in [0.25, 0.3) is 5.56 Å². The lowest BCUT2D eigenvalue weighted by atomic mass is 9.93. The molecule has 0 saturated carbocycles. The number of aromatic nitrogens is 3. The van der Waals surface area contributed by atoms with Gasteiger partial charge in [-0.05, 0) is 30.5 Å². The number of hydrogen-bond donors (Lipinski definition) is 2. The highest BCUT2D eigenvalue weighted by Crippen LogP contribution is 2.17. The van der Waals surface area contributed by atoms with Gasteiger partial charge in [0.1, 0.15) is 5.69 Å². The summed E-state index contributed by atoms with van der Waals surface area (Å²) in [7, 11) is 0. The van der Waals surface area contributed by atoms with Crippen molar-refractivity contribution in [2.75, 3.05) is 5.32 Å². The molecular weight excluding hydrogens is 276 g/mol. The minimum atomic E-state index is -0.319. The van der Waals surface area contributed by atoms with Crippen LogP contribution in [-0.2, 0) is 11.8 Å². The summed E-state index contributed by atoms with van der Waals surface area (Å²) in [5.41, 5.74) is 2.11. The van der Waals surface area contributed by atoms with Crippen molar-refractivity contribution in [1.29, 1.82) is 0 Å². The van der Waals surface area contributed by atoms with Crippen molar-refractivity contribution in [1.82, 2.24) is 15.2 Å². The molecule has 2 N–H and O–H groups in total. The zero-order valence-corrected chi connectivity index (χ0v) is 13.7. The van der Waals surface area contributed by atoms with Crippen LogP contribution in [0.4, 0.5) is 11.6 Å². The van der Waals surface area contributed by atoms with Crippen LogP contribution in [0.1, 0.15) is 51.8 Å². The molecule has 22 heavy (non-hydrogen) atoms. The lowest BCUT2D eigenvalue weighted by Gasteiger charge is -2.15. The summed E-state index contributed by atoms with van der Waals surface area (Å²) in [5.74, 6) is 0.360.